The van der Waals surface area contributed by atoms with Gasteiger partial charge in [0.15, 0.2) is 0 Å². The summed E-state index contributed by atoms with van der Waals surface area (Å²) in [5.74, 6) is -0.355. The molecule has 1 aromatic carbocycles. The van der Waals surface area contributed by atoms with Crippen LogP contribution in [0.15, 0.2) is 43.2 Å². The Kier molecular flexibility index (Phi) is 5.21. The van der Waals surface area contributed by atoms with E-state index in [1.807, 2.05) is 51.5 Å². The van der Waals surface area contributed by atoms with Crippen LogP contribution in [-0.2, 0) is 18.2 Å². The molecule has 0 saturated carbocycles. The van der Waals surface area contributed by atoms with E-state index in [4.69, 9.17) is 4.74 Å². The first kappa shape index (κ1) is 18.6. The number of rotatable bonds is 5. The van der Waals surface area contributed by atoms with Crippen molar-refractivity contribution in [1.29, 1.82) is 0 Å². The standard InChI is InChI=1S/C22H23N3O2/c1-6-17-9-14(2)18(11-19(17)22(26)27-5)10-16-7-8-21(23-12-16)20-13-25(4)24-15(20)3/h6-9,11-13H,1,10H2,2-5H3. The van der Waals surface area contributed by atoms with E-state index in [1.54, 1.807) is 10.8 Å². The zero-order valence-corrected chi connectivity index (χ0v) is 16.1. The Balaban J connectivity index is 1.90. The van der Waals surface area contributed by atoms with Gasteiger partial charge in [0.25, 0.3) is 0 Å². The minimum Gasteiger partial charge on any atom is -0.465 e. The van der Waals surface area contributed by atoms with Crippen LogP contribution in [-0.4, -0.2) is 27.8 Å². The number of benzene rings is 1. The van der Waals surface area contributed by atoms with Crippen molar-refractivity contribution in [3.63, 3.8) is 0 Å². The summed E-state index contributed by atoms with van der Waals surface area (Å²) in [5.41, 5.74) is 7.44. The van der Waals surface area contributed by atoms with Gasteiger partial charge in [-0.15, -0.1) is 0 Å². The van der Waals surface area contributed by atoms with E-state index in [-0.39, 0.29) is 5.97 Å². The number of esters is 1. The molecule has 5 nitrogen and oxygen atoms in total. The molecule has 0 bridgehead atoms. The third-order valence-electron chi connectivity index (χ3n) is 4.64. The van der Waals surface area contributed by atoms with Crippen LogP contribution in [0.4, 0.5) is 0 Å². The molecule has 0 aliphatic carbocycles. The number of carbonyl (C=O) groups excluding carboxylic acids is 1. The lowest BCUT2D eigenvalue weighted by atomic mass is 9.95. The second-order valence-corrected chi connectivity index (χ2v) is 6.59. The second-order valence-electron chi connectivity index (χ2n) is 6.59. The number of carbonyl (C=O) groups is 1. The fourth-order valence-electron chi connectivity index (χ4n) is 3.18. The highest BCUT2D eigenvalue weighted by Crippen LogP contribution is 2.23. The average Bonchev–Trinajstić information content (AvgIpc) is 3.01. The molecule has 138 valence electrons. The lowest BCUT2D eigenvalue weighted by molar-refractivity contribution is 0.0600. The molecular formula is C22H23N3O2. The third kappa shape index (κ3) is 3.82. The molecule has 5 heteroatoms. The third-order valence-corrected chi connectivity index (χ3v) is 4.64. The highest BCUT2D eigenvalue weighted by molar-refractivity contribution is 5.94. The van der Waals surface area contributed by atoms with Gasteiger partial charge < -0.3 is 4.74 Å². The molecule has 0 amide bonds. The van der Waals surface area contributed by atoms with Gasteiger partial charge in [0.1, 0.15) is 0 Å². The Hall–Kier alpha value is -3.21. The summed E-state index contributed by atoms with van der Waals surface area (Å²) in [6.45, 7) is 7.79. The average molecular weight is 361 g/mol. The SMILES string of the molecule is C=Cc1cc(C)c(Cc2ccc(-c3cn(C)nc3C)nc2)cc1C(=O)OC. The van der Waals surface area contributed by atoms with Crippen LogP contribution in [0, 0.1) is 13.8 Å². The van der Waals surface area contributed by atoms with Gasteiger partial charge in [-0.2, -0.15) is 5.10 Å². The van der Waals surface area contributed by atoms with E-state index in [2.05, 4.69) is 22.7 Å². The van der Waals surface area contributed by atoms with Crippen LogP contribution in [0.1, 0.15) is 38.3 Å². The van der Waals surface area contributed by atoms with E-state index < -0.39 is 0 Å². The molecule has 0 aliphatic heterocycles. The van der Waals surface area contributed by atoms with Gasteiger partial charge in [0, 0.05) is 25.0 Å². The smallest absolute Gasteiger partial charge is 0.338 e. The number of nitrogens with zero attached hydrogens (tertiary/aromatic N) is 3. The number of aromatic nitrogens is 3. The fraction of sp³-hybridized carbons (Fsp3) is 0.227. The number of pyridine rings is 1. The van der Waals surface area contributed by atoms with Crippen LogP contribution in [0.3, 0.4) is 0 Å². The maximum absolute atomic E-state index is 12.1. The van der Waals surface area contributed by atoms with Crippen molar-refractivity contribution in [3.8, 4) is 11.3 Å². The Labute approximate surface area is 159 Å². The minimum atomic E-state index is -0.355. The summed E-state index contributed by atoms with van der Waals surface area (Å²) >= 11 is 0. The van der Waals surface area contributed by atoms with Crippen LogP contribution < -0.4 is 0 Å². The highest BCUT2D eigenvalue weighted by Gasteiger charge is 2.14. The van der Waals surface area contributed by atoms with E-state index in [9.17, 15) is 4.79 Å². The predicted octanol–water partition coefficient (Wildman–Crippen LogP) is 4.12. The van der Waals surface area contributed by atoms with Gasteiger partial charge in [0.05, 0.1) is 24.1 Å². The first-order chi connectivity index (χ1) is 12.9. The summed E-state index contributed by atoms with van der Waals surface area (Å²) in [6, 6.07) is 7.92. The molecule has 0 atom stereocenters. The summed E-state index contributed by atoms with van der Waals surface area (Å²) in [5, 5.41) is 4.36. The van der Waals surface area contributed by atoms with E-state index in [0.717, 1.165) is 39.2 Å². The van der Waals surface area contributed by atoms with Crippen molar-refractivity contribution in [2.75, 3.05) is 7.11 Å². The zero-order chi connectivity index (χ0) is 19.6. The van der Waals surface area contributed by atoms with Gasteiger partial charge in [-0.1, -0.05) is 24.8 Å². The van der Waals surface area contributed by atoms with Crippen molar-refractivity contribution in [2.45, 2.75) is 20.3 Å². The summed E-state index contributed by atoms with van der Waals surface area (Å²) in [7, 11) is 3.29. The van der Waals surface area contributed by atoms with E-state index in [1.165, 1.54) is 7.11 Å². The normalized spacial score (nSPS) is 10.7. The summed E-state index contributed by atoms with van der Waals surface area (Å²) in [4.78, 5) is 16.6. The predicted molar refractivity (Wildman–Crippen MR) is 107 cm³/mol. The topological polar surface area (TPSA) is 57.0 Å². The number of ether oxygens (including phenoxy) is 1. The minimum absolute atomic E-state index is 0.355. The molecule has 0 aliphatic rings. The molecule has 0 N–H and O–H groups in total. The quantitative estimate of drug-likeness (QED) is 0.642. The molecule has 0 fully saturated rings. The van der Waals surface area contributed by atoms with Crippen molar-refractivity contribution in [3.05, 3.63) is 76.7 Å². The van der Waals surface area contributed by atoms with Crippen LogP contribution in [0.25, 0.3) is 17.3 Å². The molecule has 0 unspecified atom stereocenters. The number of hydrogen-bond acceptors (Lipinski definition) is 4. The number of aryl methyl sites for hydroxylation is 3. The molecule has 27 heavy (non-hydrogen) atoms. The Bertz CT molecular complexity index is 1000. The van der Waals surface area contributed by atoms with Gasteiger partial charge in [-0.25, -0.2) is 4.79 Å². The maximum atomic E-state index is 12.1. The molecule has 2 aromatic heterocycles. The number of methoxy groups -OCH3 is 1. The van der Waals surface area contributed by atoms with Gasteiger partial charge in [-0.05, 0) is 54.7 Å². The Morgan fingerprint density at radius 1 is 1.30 bits per heavy atom. The summed E-state index contributed by atoms with van der Waals surface area (Å²) in [6.07, 6.45) is 6.21. The molecular weight excluding hydrogens is 338 g/mol. The van der Waals surface area contributed by atoms with Gasteiger partial charge in [-0.3, -0.25) is 9.67 Å². The Morgan fingerprint density at radius 3 is 2.63 bits per heavy atom. The lowest BCUT2D eigenvalue weighted by Gasteiger charge is -2.12. The number of hydrogen-bond donors (Lipinski definition) is 0. The van der Waals surface area contributed by atoms with Crippen LogP contribution >= 0.6 is 0 Å². The molecule has 0 radical (unpaired) electrons. The van der Waals surface area contributed by atoms with Crippen molar-refractivity contribution >= 4 is 12.0 Å². The monoisotopic (exact) mass is 361 g/mol. The molecule has 3 aromatic rings. The largest absolute Gasteiger partial charge is 0.465 e. The van der Waals surface area contributed by atoms with Gasteiger partial charge in [0.2, 0.25) is 0 Å². The summed E-state index contributed by atoms with van der Waals surface area (Å²) < 4.78 is 6.69. The second kappa shape index (κ2) is 7.58. The molecule has 3 rings (SSSR count). The first-order valence-electron chi connectivity index (χ1n) is 8.72. The van der Waals surface area contributed by atoms with Crippen molar-refractivity contribution in [1.82, 2.24) is 14.8 Å². The lowest BCUT2D eigenvalue weighted by Crippen LogP contribution is -2.06. The highest BCUT2D eigenvalue weighted by atomic mass is 16.5. The van der Waals surface area contributed by atoms with E-state index in [0.29, 0.717) is 12.0 Å². The molecule has 0 spiro atoms. The van der Waals surface area contributed by atoms with Crippen LogP contribution in [0.2, 0.25) is 0 Å². The van der Waals surface area contributed by atoms with Gasteiger partial charge >= 0.3 is 5.97 Å². The Morgan fingerprint density at radius 2 is 2.07 bits per heavy atom. The maximum Gasteiger partial charge on any atom is 0.338 e. The molecule has 0 saturated heterocycles. The van der Waals surface area contributed by atoms with Crippen LogP contribution in [0.5, 0.6) is 0 Å². The zero-order valence-electron chi connectivity index (χ0n) is 16.1. The van der Waals surface area contributed by atoms with Crippen molar-refractivity contribution in [2.24, 2.45) is 7.05 Å². The fourth-order valence-corrected chi connectivity index (χ4v) is 3.18. The first-order valence-corrected chi connectivity index (χ1v) is 8.72. The molecule has 2 heterocycles. The van der Waals surface area contributed by atoms with Crippen molar-refractivity contribution < 1.29 is 9.53 Å². The van der Waals surface area contributed by atoms with E-state index >= 15 is 0 Å².